The van der Waals surface area contributed by atoms with Crippen molar-refractivity contribution >= 4 is 11.8 Å². The summed E-state index contributed by atoms with van der Waals surface area (Å²) in [5.41, 5.74) is 3.44. The third-order valence-electron chi connectivity index (χ3n) is 6.09. The van der Waals surface area contributed by atoms with Gasteiger partial charge in [0.1, 0.15) is 23.2 Å². The Labute approximate surface area is 196 Å². The number of ether oxygens (including phenoxy) is 2. The van der Waals surface area contributed by atoms with Crippen LogP contribution in [-0.2, 0) is 9.53 Å². The maximum Gasteiger partial charge on any atom is 0.318 e. The predicted molar refractivity (Wildman–Crippen MR) is 125 cm³/mol. The highest BCUT2D eigenvalue weighted by atomic mass is 19.1. The van der Waals surface area contributed by atoms with Crippen molar-refractivity contribution in [2.24, 2.45) is 0 Å². The van der Waals surface area contributed by atoms with Gasteiger partial charge in [-0.05, 0) is 44.2 Å². The molecule has 170 valence electrons. The number of aryl methyl sites for hydroxylation is 1. The average molecular weight is 455 g/mol. The normalized spacial score (nSPS) is 12.4. The molecule has 6 heteroatoms. The number of fused-ring (bicyclic) bond motifs is 2. The van der Waals surface area contributed by atoms with Gasteiger partial charge in [0, 0.05) is 28.1 Å². The van der Waals surface area contributed by atoms with Crippen molar-refractivity contribution in [3.05, 3.63) is 113 Å². The molecule has 4 aromatic rings. The molecular formula is C28H22FNO4. The number of hydrogen-bond acceptors (Lipinski definition) is 4. The molecule has 1 aliphatic heterocycles. The van der Waals surface area contributed by atoms with Crippen LogP contribution in [0.2, 0.25) is 0 Å². The fraction of sp³-hybridized carbons (Fsp3) is 0.143. The van der Waals surface area contributed by atoms with Crippen molar-refractivity contribution in [2.45, 2.75) is 19.8 Å². The van der Waals surface area contributed by atoms with E-state index in [9.17, 15) is 14.0 Å². The lowest BCUT2D eigenvalue weighted by Crippen LogP contribution is -2.23. The zero-order chi connectivity index (χ0) is 23.8. The number of aromatic nitrogens is 1. The first-order valence-corrected chi connectivity index (χ1v) is 10.9. The van der Waals surface area contributed by atoms with E-state index in [-0.39, 0.29) is 11.6 Å². The first kappa shape index (κ1) is 21.6. The molecule has 1 aliphatic rings. The zero-order valence-corrected chi connectivity index (χ0v) is 18.7. The molecule has 5 nitrogen and oxygen atoms in total. The molecule has 0 aliphatic carbocycles. The highest BCUT2D eigenvalue weighted by molar-refractivity contribution is 6.00. The number of nitrogens with zero attached hydrogens (tertiary/aromatic N) is 1. The molecule has 0 spiro atoms. The Kier molecular flexibility index (Phi) is 5.49. The number of benzene rings is 3. The SMILES string of the molecule is Cc1cc(C(=O)COC(=O)C2c3ccccc3Oc3ccccc32)c(C)n1-c1ccccc1F. The number of ketones is 1. The molecular weight excluding hydrogens is 433 g/mol. The van der Waals surface area contributed by atoms with E-state index in [2.05, 4.69) is 0 Å². The second-order valence-corrected chi connectivity index (χ2v) is 8.21. The van der Waals surface area contributed by atoms with Gasteiger partial charge in [-0.2, -0.15) is 0 Å². The Bertz CT molecular complexity index is 1380. The first-order chi connectivity index (χ1) is 16.5. The summed E-state index contributed by atoms with van der Waals surface area (Å²) in [7, 11) is 0. The molecule has 0 radical (unpaired) electrons. The summed E-state index contributed by atoms with van der Waals surface area (Å²) in [6, 6.07) is 22.7. The summed E-state index contributed by atoms with van der Waals surface area (Å²) in [5.74, 6) is -0.783. The number of hydrogen-bond donors (Lipinski definition) is 0. The number of Topliss-reactive ketones (excluding diaryl/α,β-unsaturated/α-hetero) is 1. The fourth-order valence-corrected chi connectivity index (χ4v) is 4.51. The lowest BCUT2D eigenvalue weighted by molar-refractivity contribution is -0.143. The number of carbonyl (C=O) groups excluding carboxylic acids is 2. The molecule has 0 bridgehead atoms. The summed E-state index contributed by atoms with van der Waals surface area (Å²) in [6.45, 7) is 3.14. The lowest BCUT2D eigenvalue weighted by Gasteiger charge is -2.26. The lowest BCUT2D eigenvalue weighted by atomic mass is 9.88. The van der Waals surface area contributed by atoms with Gasteiger partial charge in [0.2, 0.25) is 5.78 Å². The number of rotatable bonds is 5. The Morgan fingerprint density at radius 2 is 1.50 bits per heavy atom. The molecule has 2 heterocycles. The largest absolute Gasteiger partial charge is 0.457 e. The van der Waals surface area contributed by atoms with Crippen molar-refractivity contribution in [3.8, 4) is 17.2 Å². The van der Waals surface area contributed by atoms with Crippen LogP contribution in [-0.4, -0.2) is 22.9 Å². The molecule has 0 unspecified atom stereocenters. The van der Waals surface area contributed by atoms with Gasteiger partial charge in [0.15, 0.2) is 6.61 Å². The van der Waals surface area contributed by atoms with Gasteiger partial charge in [0.05, 0.1) is 5.69 Å². The van der Waals surface area contributed by atoms with Crippen LogP contribution < -0.4 is 4.74 Å². The second kappa shape index (κ2) is 8.63. The summed E-state index contributed by atoms with van der Waals surface area (Å²) >= 11 is 0. The van der Waals surface area contributed by atoms with Crippen LogP contribution in [0.15, 0.2) is 78.9 Å². The van der Waals surface area contributed by atoms with E-state index in [1.54, 1.807) is 54.8 Å². The molecule has 0 atom stereocenters. The molecule has 0 saturated heterocycles. The topological polar surface area (TPSA) is 57.5 Å². The van der Waals surface area contributed by atoms with Gasteiger partial charge >= 0.3 is 5.97 Å². The second-order valence-electron chi connectivity index (χ2n) is 8.21. The standard InChI is InChI=1S/C28H22FNO4/c1-17-15-21(18(2)30(17)23-12-6-5-11-22(23)29)24(31)16-33-28(32)27-19-9-3-7-13-25(19)34-26-14-8-4-10-20(26)27/h3-15,27H,16H2,1-2H3. The molecule has 0 amide bonds. The van der Waals surface area contributed by atoms with Crippen molar-refractivity contribution in [1.29, 1.82) is 0 Å². The van der Waals surface area contributed by atoms with Gasteiger partial charge in [-0.3, -0.25) is 9.59 Å². The summed E-state index contributed by atoms with van der Waals surface area (Å²) in [4.78, 5) is 26.2. The number of para-hydroxylation sites is 3. The van der Waals surface area contributed by atoms with Crippen molar-refractivity contribution in [1.82, 2.24) is 4.57 Å². The molecule has 34 heavy (non-hydrogen) atoms. The minimum absolute atomic E-state index is 0.349. The Morgan fingerprint density at radius 1 is 0.912 bits per heavy atom. The van der Waals surface area contributed by atoms with Gasteiger partial charge in [-0.25, -0.2) is 4.39 Å². The monoisotopic (exact) mass is 455 g/mol. The van der Waals surface area contributed by atoms with Crippen LogP contribution in [0.5, 0.6) is 11.5 Å². The fourth-order valence-electron chi connectivity index (χ4n) is 4.51. The van der Waals surface area contributed by atoms with E-state index < -0.39 is 18.5 Å². The number of halogens is 1. The van der Waals surface area contributed by atoms with Gasteiger partial charge < -0.3 is 14.0 Å². The van der Waals surface area contributed by atoms with Crippen LogP contribution in [0.4, 0.5) is 4.39 Å². The molecule has 0 fully saturated rings. The van der Waals surface area contributed by atoms with E-state index in [0.29, 0.717) is 45.3 Å². The average Bonchev–Trinajstić information content (AvgIpc) is 3.14. The quantitative estimate of drug-likeness (QED) is 0.278. The van der Waals surface area contributed by atoms with E-state index in [4.69, 9.17) is 9.47 Å². The number of carbonyl (C=O) groups is 2. The molecule has 0 N–H and O–H groups in total. The van der Waals surface area contributed by atoms with Crippen LogP contribution in [0, 0.1) is 19.7 Å². The molecule has 3 aromatic carbocycles. The molecule has 1 aromatic heterocycles. The van der Waals surface area contributed by atoms with Gasteiger partial charge in [-0.1, -0.05) is 48.5 Å². The van der Waals surface area contributed by atoms with Crippen molar-refractivity contribution < 1.29 is 23.5 Å². The van der Waals surface area contributed by atoms with E-state index in [0.717, 1.165) is 0 Å². The van der Waals surface area contributed by atoms with Crippen molar-refractivity contribution in [2.75, 3.05) is 6.61 Å². The summed E-state index contributed by atoms with van der Waals surface area (Å²) < 4.78 is 27.5. The highest BCUT2D eigenvalue weighted by Gasteiger charge is 2.34. The maximum absolute atomic E-state index is 14.4. The highest BCUT2D eigenvalue weighted by Crippen LogP contribution is 2.44. The van der Waals surface area contributed by atoms with Crippen LogP contribution in [0.3, 0.4) is 0 Å². The Balaban J connectivity index is 1.39. The van der Waals surface area contributed by atoms with Crippen molar-refractivity contribution in [3.63, 3.8) is 0 Å². The number of esters is 1. The first-order valence-electron chi connectivity index (χ1n) is 10.9. The van der Waals surface area contributed by atoms with Crippen LogP contribution >= 0.6 is 0 Å². The van der Waals surface area contributed by atoms with Gasteiger partial charge in [0.25, 0.3) is 0 Å². The zero-order valence-electron chi connectivity index (χ0n) is 18.7. The van der Waals surface area contributed by atoms with E-state index in [1.807, 2.05) is 36.4 Å². The Hall–Kier alpha value is -4.19. The van der Waals surface area contributed by atoms with E-state index in [1.165, 1.54) is 6.07 Å². The van der Waals surface area contributed by atoms with Crippen LogP contribution in [0.25, 0.3) is 5.69 Å². The van der Waals surface area contributed by atoms with Gasteiger partial charge in [-0.15, -0.1) is 0 Å². The minimum Gasteiger partial charge on any atom is -0.457 e. The molecule has 5 rings (SSSR count). The van der Waals surface area contributed by atoms with Crippen LogP contribution in [0.1, 0.15) is 38.8 Å². The summed E-state index contributed by atoms with van der Waals surface area (Å²) in [5, 5.41) is 0. The minimum atomic E-state index is -0.695. The van der Waals surface area contributed by atoms with E-state index >= 15 is 0 Å². The third kappa shape index (κ3) is 3.67. The Morgan fingerprint density at radius 3 is 2.15 bits per heavy atom. The predicted octanol–water partition coefficient (Wildman–Crippen LogP) is 5.90. The molecule has 0 saturated carbocycles. The summed E-state index contributed by atoms with van der Waals surface area (Å²) in [6.07, 6.45) is 0. The smallest absolute Gasteiger partial charge is 0.318 e. The third-order valence-corrected chi connectivity index (χ3v) is 6.09. The maximum atomic E-state index is 14.4.